The van der Waals surface area contributed by atoms with Gasteiger partial charge in [-0.2, -0.15) is 0 Å². The number of aromatic nitrogens is 1. The first-order valence-electron chi connectivity index (χ1n) is 8.84. The summed E-state index contributed by atoms with van der Waals surface area (Å²) < 4.78 is 5.35. The number of alkyl carbamates (subject to hydrolysis) is 1. The van der Waals surface area contributed by atoms with Crippen molar-refractivity contribution in [1.29, 1.82) is 0 Å². The number of carbonyl (C=O) groups excluding carboxylic acids is 1. The molecule has 1 heterocycles. The molecule has 0 spiro atoms. The van der Waals surface area contributed by atoms with Crippen molar-refractivity contribution in [2.75, 3.05) is 20.6 Å². The van der Waals surface area contributed by atoms with Crippen LogP contribution in [0.3, 0.4) is 0 Å². The van der Waals surface area contributed by atoms with Gasteiger partial charge in [0.2, 0.25) is 0 Å². The maximum atomic E-state index is 12.1. The third-order valence-electron chi connectivity index (χ3n) is 3.63. The van der Waals surface area contributed by atoms with E-state index in [1.54, 1.807) is 18.4 Å². The Kier molecular flexibility index (Phi) is 8.33. The van der Waals surface area contributed by atoms with E-state index in [9.17, 15) is 4.79 Å². The lowest BCUT2D eigenvalue weighted by molar-refractivity contribution is 0.0491. The van der Waals surface area contributed by atoms with Crippen molar-refractivity contribution in [2.24, 2.45) is 10.9 Å². The van der Waals surface area contributed by atoms with E-state index in [0.29, 0.717) is 13.1 Å². The predicted molar refractivity (Wildman–Crippen MR) is 108 cm³/mol. The summed E-state index contributed by atoms with van der Waals surface area (Å²) in [6, 6.07) is -0.0727. The van der Waals surface area contributed by atoms with E-state index in [1.165, 1.54) is 0 Å². The molecule has 0 bridgehead atoms. The molecule has 148 valence electrons. The maximum Gasteiger partial charge on any atom is 0.407 e. The highest BCUT2D eigenvalue weighted by atomic mass is 32.1. The van der Waals surface area contributed by atoms with Gasteiger partial charge < -0.3 is 20.3 Å². The Morgan fingerprint density at radius 1 is 1.42 bits per heavy atom. The summed E-state index contributed by atoms with van der Waals surface area (Å²) in [5.74, 6) is 1.01. The second kappa shape index (κ2) is 9.75. The minimum atomic E-state index is -0.513. The van der Waals surface area contributed by atoms with Crippen LogP contribution in [0.4, 0.5) is 4.79 Å². The van der Waals surface area contributed by atoms with Crippen molar-refractivity contribution < 1.29 is 9.53 Å². The second-order valence-corrected chi connectivity index (χ2v) is 8.70. The molecular weight excluding hydrogens is 350 g/mol. The fourth-order valence-corrected chi connectivity index (χ4v) is 2.90. The second-order valence-electron chi connectivity index (χ2n) is 7.64. The Morgan fingerprint density at radius 3 is 2.54 bits per heavy atom. The molecule has 1 rings (SSSR count). The van der Waals surface area contributed by atoms with Crippen molar-refractivity contribution in [3.63, 3.8) is 0 Å². The van der Waals surface area contributed by atoms with Crippen molar-refractivity contribution in [1.82, 2.24) is 20.5 Å². The summed E-state index contributed by atoms with van der Waals surface area (Å²) >= 11 is 1.64. The van der Waals surface area contributed by atoms with Crippen LogP contribution in [-0.2, 0) is 11.3 Å². The highest BCUT2D eigenvalue weighted by molar-refractivity contribution is 7.09. The van der Waals surface area contributed by atoms with E-state index in [0.717, 1.165) is 16.7 Å². The van der Waals surface area contributed by atoms with Gasteiger partial charge >= 0.3 is 6.09 Å². The van der Waals surface area contributed by atoms with Gasteiger partial charge in [0.05, 0.1) is 23.3 Å². The zero-order valence-electron chi connectivity index (χ0n) is 17.2. The molecule has 2 N–H and O–H groups in total. The predicted octanol–water partition coefficient (Wildman–Crippen LogP) is 3.01. The molecule has 0 aromatic carbocycles. The molecule has 0 saturated carbocycles. The molecular formula is C18H33N5O2S. The van der Waals surface area contributed by atoms with Crippen LogP contribution in [0, 0.1) is 12.8 Å². The van der Waals surface area contributed by atoms with E-state index in [-0.39, 0.29) is 12.0 Å². The number of aryl methyl sites for hydroxylation is 1. The first-order valence-corrected chi connectivity index (χ1v) is 9.72. The van der Waals surface area contributed by atoms with Gasteiger partial charge in [0.15, 0.2) is 5.96 Å². The van der Waals surface area contributed by atoms with E-state index in [4.69, 9.17) is 4.74 Å². The van der Waals surface area contributed by atoms with Crippen LogP contribution in [0.25, 0.3) is 0 Å². The Bertz CT molecular complexity index is 607. The van der Waals surface area contributed by atoms with Crippen LogP contribution in [0.5, 0.6) is 0 Å². The summed E-state index contributed by atoms with van der Waals surface area (Å²) in [5.41, 5.74) is 0.506. The topological polar surface area (TPSA) is 78.8 Å². The van der Waals surface area contributed by atoms with E-state index in [1.807, 2.05) is 39.6 Å². The molecule has 0 fully saturated rings. The summed E-state index contributed by atoms with van der Waals surface area (Å²) in [6.45, 7) is 12.9. The lowest BCUT2D eigenvalue weighted by Gasteiger charge is -2.28. The highest BCUT2D eigenvalue weighted by Crippen LogP contribution is 2.10. The minimum Gasteiger partial charge on any atom is -0.444 e. The molecule has 1 atom stereocenters. The van der Waals surface area contributed by atoms with Gasteiger partial charge in [-0.25, -0.2) is 9.78 Å². The molecule has 1 aromatic rings. The third-order valence-corrected chi connectivity index (χ3v) is 4.45. The smallest absolute Gasteiger partial charge is 0.407 e. The Balaban J connectivity index is 2.60. The first kappa shape index (κ1) is 22.2. The number of hydrogen-bond acceptors (Lipinski definition) is 5. The van der Waals surface area contributed by atoms with Crippen molar-refractivity contribution >= 4 is 23.4 Å². The van der Waals surface area contributed by atoms with Gasteiger partial charge in [0, 0.05) is 26.0 Å². The van der Waals surface area contributed by atoms with Crippen molar-refractivity contribution in [3.8, 4) is 0 Å². The van der Waals surface area contributed by atoms with Crippen molar-refractivity contribution in [2.45, 2.75) is 59.7 Å². The lowest BCUT2D eigenvalue weighted by atomic mass is 10.0. The molecule has 0 saturated heterocycles. The van der Waals surface area contributed by atoms with Crippen LogP contribution < -0.4 is 10.6 Å². The average Bonchev–Trinajstić information content (AvgIpc) is 2.89. The number of aliphatic imine (C=N–C) groups is 1. The number of amides is 1. The maximum absolute atomic E-state index is 12.1. The highest BCUT2D eigenvalue weighted by Gasteiger charge is 2.22. The monoisotopic (exact) mass is 383 g/mol. The van der Waals surface area contributed by atoms with Crippen LogP contribution in [0.1, 0.15) is 45.3 Å². The fraction of sp³-hybridized carbons (Fsp3) is 0.722. The van der Waals surface area contributed by atoms with Gasteiger partial charge in [0.1, 0.15) is 5.60 Å². The molecule has 1 aromatic heterocycles. The summed E-state index contributed by atoms with van der Waals surface area (Å²) in [4.78, 5) is 22.9. The largest absolute Gasteiger partial charge is 0.444 e. The number of nitrogens with one attached hydrogen (secondary N) is 2. The summed E-state index contributed by atoms with van der Waals surface area (Å²) in [7, 11) is 3.71. The molecule has 7 nitrogen and oxygen atoms in total. The summed E-state index contributed by atoms with van der Waals surface area (Å²) in [6.07, 6.45) is -0.403. The zero-order chi connectivity index (χ0) is 19.9. The van der Waals surface area contributed by atoms with Gasteiger partial charge in [-0.15, -0.1) is 11.3 Å². The molecule has 0 aliphatic heterocycles. The van der Waals surface area contributed by atoms with E-state index < -0.39 is 11.7 Å². The van der Waals surface area contributed by atoms with Gasteiger partial charge in [0.25, 0.3) is 0 Å². The number of ether oxygens (including phenoxy) is 1. The summed E-state index contributed by atoms with van der Waals surface area (Å²) in [5, 5.41) is 9.37. The third kappa shape index (κ3) is 8.03. The SMILES string of the molecule is CN=C(NCC(NC(=O)OC(C)(C)C)C(C)C)N(C)Cc1csc(C)n1. The number of thiazole rings is 1. The molecule has 8 heteroatoms. The lowest BCUT2D eigenvalue weighted by Crippen LogP contribution is -2.50. The number of carbonyl (C=O) groups is 1. The minimum absolute atomic E-state index is 0.0727. The molecule has 0 aliphatic rings. The van der Waals surface area contributed by atoms with Gasteiger partial charge in [-0.05, 0) is 33.6 Å². The van der Waals surface area contributed by atoms with Crippen LogP contribution in [0.15, 0.2) is 10.4 Å². The van der Waals surface area contributed by atoms with Crippen LogP contribution >= 0.6 is 11.3 Å². The normalized spacial score (nSPS) is 13.5. The molecule has 26 heavy (non-hydrogen) atoms. The molecule has 1 amide bonds. The number of hydrogen-bond donors (Lipinski definition) is 2. The Hall–Kier alpha value is -1.83. The van der Waals surface area contributed by atoms with Crippen LogP contribution in [0.2, 0.25) is 0 Å². The molecule has 0 radical (unpaired) electrons. The Labute approximate surface area is 161 Å². The Morgan fingerprint density at radius 2 is 2.08 bits per heavy atom. The quantitative estimate of drug-likeness (QED) is 0.583. The van der Waals surface area contributed by atoms with Gasteiger partial charge in [-0.3, -0.25) is 4.99 Å². The van der Waals surface area contributed by atoms with E-state index >= 15 is 0 Å². The average molecular weight is 384 g/mol. The van der Waals surface area contributed by atoms with Crippen molar-refractivity contribution in [3.05, 3.63) is 16.1 Å². The number of rotatable bonds is 6. The molecule has 1 unspecified atom stereocenters. The first-order chi connectivity index (χ1) is 12.0. The fourth-order valence-electron chi connectivity index (χ4n) is 2.30. The number of guanidine groups is 1. The molecule has 0 aliphatic carbocycles. The van der Waals surface area contributed by atoms with E-state index in [2.05, 4.69) is 39.8 Å². The standard InChI is InChI=1S/C18H33N5O2S/c1-12(2)15(22-17(24)25-18(4,5)6)9-20-16(19-7)23(8)10-14-11-26-13(3)21-14/h11-12,15H,9-10H2,1-8H3,(H,19,20)(H,22,24). The number of nitrogens with zero attached hydrogens (tertiary/aromatic N) is 3. The zero-order valence-corrected chi connectivity index (χ0v) is 18.0. The van der Waals surface area contributed by atoms with Crippen LogP contribution in [-0.4, -0.2) is 54.2 Å². The van der Waals surface area contributed by atoms with Gasteiger partial charge in [-0.1, -0.05) is 13.8 Å².